The van der Waals surface area contributed by atoms with E-state index < -0.39 is 8.07 Å². The van der Waals surface area contributed by atoms with Crippen LogP contribution in [0.5, 0.6) is 0 Å². The van der Waals surface area contributed by atoms with Crippen LogP contribution >= 0.6 is 0 Å². The third kappa shape index (κ3) is 2.87. The molecule has 0 atom stereocenters. The first kappa shape index (κ1) is 13.8. The largest absolute Gasteiger partial charge is 0.140 e. The van der Waals surface area contributed by atoms with Crippen molar-refractivity contribution < 1.29 is 0 Å². The molecule has 0 aliphatic carbocycles. The normalized spacial score (nSPS) is 11.1. The second-order valence-corrected chi connectivity index (χ2v) is 9.37. The molecule has 2 aromatic carbocycles. The molecule has 19 heavy (non-hydrogen) atoms. The van der Waals surface area contributed by atoms with Crippen LogP contribution < -0.4 is 10.4 Å². The quantitative estimate of drug-likeness (QED) is 0.739. The summed E-state index contributed by atoms with van der Waals surface area (Å²) in [6.07, 6.45) is 0. The van der Waals surface area contributed by atoms with Gasteiger partial charge in [-0.3, -0.25) is 0 Å². The average molecular weight is 266 g/mol. The molecule has 0 nitrogen and oxygen atoms in total. The molecular formula is C18H22Si. The van der Waals surface area contributed by atoms with E-state index in [0.29, 0.717) is 0 Å². The summed E-state index contributed by atoms with van der Waals surface area (Å²) < 4.78 is 0. The van der Waals surface area contributed by atoms with Gasteiger partial charge in [0, 0.05) is 0 Å². The molecule has 0 saturated heterocycles. The summed E-state index contributed by atoms with van der Waals surface area (Å²) in [5.41, 5.74) is 3.96. The highest BCUT2D eigenvalue weighted by molar-refractivity contribution is 7.05. The van der Waals surface area contributed by atoms with Gasteiger partial charge in [-0.1, -0.05) is 78.9 Å². The maximum atomic E-state index is 2.54. The summed E-state index contributed by atoms with van der Waals surface area (Å²) in [6.45, 7) is 6.75. The maximum absolute atomic E-state index is 2.54. The fourth-order valence-corrected chi connectivity index (χ4v) is 7.05. The molecule has 0 aliphatic rings. The second-order valence-electron chi connectivity index (χ2n) is 5.28. The Labute approximate surface area is 117 Å². The summed E-state index contributed by atoms with van der Waals surface area (Å²) in [5, 5.41) is 3.01. The minimum absolute atomic E-state index is 1.20. The molecule has 0 amide bonds. The zero-order chi connectivity index (χ0) is 13.7. The van der Waals surface area contributed by atoms with Gasteiger partial charge >= 0.3 is 0 Å². The Morgan fingerprint density at radius 2 is 1.26 bits per heavy atom. The highest BCUT2D eigenvalue weighted by Crippen LogP contribution is 2.15. The van der Waals surface area contributed by atoms with Crippen LogP contribution in [0.1, 0.15) is 20.8 Å². The lowest BCUT2D eigenvalue weighted by Crippen LogP contribution is -2.56. The van der Waals surface area contributed by atoms with Crippen LogP contribution in [0.15, 0.2) is 71.9 Å². The third-order valence-corrected chi connectivity index (χ3v) is 8.58. The van der Waals surface area contributed by atoms with Gasteiger partial charge in [0.1, 0.15) is 8.07 Å². The second kappa shape index (κ2) is 6.03. The lowest BCUT2D eigenvalue weighted by molar-refractivity contribution is 1.36. The van der Waals surface area contributed by atoms with Gasteiger partial charge in [0.25, 0.3) is 0 Å². The number of benzene rings is 2. The van der Waals surface area contributed by atoms with Crippen molar-refractivity contribution in [1.82, 2.24) is 0 Å². The predicted octanol–water partition coefficient (Wildman–Crippen LogP) is 3.77. The van der Waals surface area contributed by atoms with Gasteiger partial charge in [0.05, 0.1) is 0 Å². The Kier molecular flexibility index (Phi) is 4.38. The minimum atomic E-state index is -1.75. The Morgan fingerprint density at radius 3 is 1.58 bits per heavy atom. The van der Waals surface area contributed by atoms with Crippen molar-refractivity contribution in [2.45, 2.75) is 26.8 Å². The third-order valence-electron chi connectivity index (χ3n) is 3.67. The van der Waals surface area contributed by atoms with E-state index in [-0.39, 0.29) is 0 Å². The zero-order valence-corrected chi connectivity index (χ0v) is 13.1. The Morgan fingerprint density at radius 1 is 0.842 bits per heavy atom. The van der Waals surface area contributed by atoms with Crippen molar-refractivity contribution in [3.63, 3.8) is 0 Å². The van der Waals surface area contributed by atoms with Crippen LogP contribution in [-0.4, -0.2) is 8.07 Å². The van der Waals surface area contributed by atoms with Crippen molar-refractivity contribution in [1.29, 1.82) is 0 Å². The van der Waals surface area contributed by atoms with Crippen molar-refractivity contribution in [3.8, 4) is 0 Å². The number of allylic oxidation sites excluding steroid dienone is 1. The first-order valence-electron chi connectivity index (χ1n) is 6.96. The molecule has 98 valence electrons. The van der Waals surface area contributed by atoms with E-state index in [4.69, 9.17) is 0 Å². The molecule has 2 aromatic rings. The van der Waals surface area contributed by atoms with Gasteiger partial charge in [-0.25, -0.2) is 0 Å². The van der Waals surface area contributed by atoms with Crippen molar-refractivity contribution in [2.24, 2.45) is 0 Å². The van der Waals surface area contributed by atoms with Gasteiger partial charge in [0.15, 0.2) is 0 Å². The number of hydrogen-bond acceptors (Lipinski definition) is 0. The molecule has 0 radical (unpaired) electrons. The van der Waals surface area contributed by atoms with Gasteiger partial charge in [-0.2, -0.15) is 0 Å². The maximum Gasteiger partial charge on any atom is 0.140 e. The number of hydrogen-bond donors (Lipinski definition) is 0. The van der Waals surface area contributed by atoms with Crippen molar-refractivity contribution in [2.75, 3.05) is 0 Å². The van der Waals surface area contributed by atoms with Crippen molar-refractivity contribution in [3.05, 3.63) is 71.9 Å². The van der Waals surface area contributed by atoms with Crippen LogP contribution in [0, 0.1) is 0 Å². The molecule has 0 unspecified atom stereocenters. The van der Waals surface area contributed by atoms with E-state index in [1.165, 1.54) is 22.0 Å². The average Bonchev–Trinajstić information content (AvgIpc) is 2.46. The van der Waals surface area contributed by atoms with E-state index >= 15 is 0 Å². The molecule has 0 aromatic heterocycles. The summed E-state index contributed by atoms with van der Waals surface area (Å²) in [7, 11) is -1.75. The van der Waals surface area contributed by atoms with Crippen LogP contribution in [0.25, 0.3) is 0 Å². The van der Waals surface area contributed by atoms with Gasteiger partial charge in [-0.05, 0) is 30.3 Å². The Bertz CT molecular complexity index is 497. The number of rotatable bonds is 4. The Balaban J connectivity index is 2.66. The molecule has 0 N–H and O–H groups in total. The van der Waals surface area contributed by atoms with E-state index in [1.807, 2.05) is 0 Å². The molecule has 0 aliphatic heterocycles. The lowest BCUT2D eigenvalue weighted by Gasteiger charge is -2.29. The fraction of sp³-hybridized carbons (Fsp3) is 0.222. The topological polar surface area (TPSA) is 0 Å². The first-order valence-corrected chi connectivity index (χ1v) is 9.24. The standard InChI is InChI=1S/C18H22Si/c1-4-19(15-16(2)3,17-11-7-5-8-12-17)18-13-9-6-10-14-18/h5-15H,4H2,1-3H3. The highest BCUT2D eigenvalue weighted by atomic mass is 28.3. The van der Waals surface area contributed by atoms with Crippen molar-refractivity contribution >= 4 is 18.4 Å². The summed E-state index contributed by atoms with van der Waals surface area (Å²) in [5.74, 6) is 0. The van der Waals surface area contributed by atoms with E-state index in [1.54, 1.807) is 0 Å². The Hall–Kier alpha value is -1.60. The summed E-state index contributed by atoms with van der Waals surface area (Å²) >= 11 is 0. The molecule has 0 heterocycles. The van der Waals surface area contributed by atoms with Crippen LogP contribution in [0.2, 0.25) is 6.04 Å². The predicted molar refractivity (Wildman–Crippen MR) is 87.8 cm³/mol. The van der Waals surface area contributed by atoms with Gasteiger partial charge in [-0.15, -0.1) is 0 Å². The fourth-order valence-electron chi connectivity index (χ4n) is 2.81. The zero-order valence-electron chi connectivity index (χ0n) is 12.1. The molecule has 0 saturated carbocycles. The smallest absolute Gasteiger partial charge is 0.0872 e. The lowest BCUT2D eigenvalue weighted by atomic mass is 10.4. The highest BCUT2D eigenvalue weighted by Gasteiger charge is 2.32. The monoisotopic (exact) mass is 266 g/mol. The van der Waals surface area contributed by atoms with E-state index in [2.05, 4.69) is 87.1 Å². The molecular weight excluding hydrogens is 244 g/mol. The van der Waals surface area contributed by atoms with E-state index in [9.17, 15) is 0 Å². The molecule has 0 bridgehead atoms. The molecule has 0 spiro atoms. The minimum Gasteiger partial charge on any atom is -0.0872 e. The summed E-state index contributed by atoms with van der Waals surface area (Å²) in [6, 6.07) is 23.2. The van der Waals surface area contributed by atoms with Gasteiger partial charge < -0.3 is 0 Å². The SMILES string of the molecule is CC[Si](C=C(C)C)(c1ccccc1)c1ccccc1. The first-order chi connectivity index (χ1) is 9.19. The van der Waals surface area contributed by atoms with Crippen LogP contribution in [-0.2, 0) is 0 Å². The molecule has 1 heteroatoms. The summed E-state index contributed by atoms with van der Waals surface area (Å²) in [4.78, 5) is 0. The van der Waals surface area contributed by atoms with E-state index in [0.717, 1.165) is 0 Å². The molecule has 0 fully saturated rings. The van der Waals surface area contributed by atoms with Gasteiger partial charge in [0.2, 0.25) is 0 Å². The van der Waals surface area contributed by atoms with Crippen LogP contribution in [0.4, 0.5) is 0 Å². The van der Waals surface area contributed by atoms with Crippen LogP contribution in [0.3, 0.4) is 0 Å². The molecule has 2 rings (SSSR count).